The number of amides is 1. The van der Waals surface area contributed by atoms with E-state index in [2.05, 4.69) is 4.90 Å². The van der Waals surface area contributed by atoms with Crippen molar-refractivity contribution in [2.24, 2.45) is 0 Å². The maximum atomic E-state index is 13.2. The molecular weight excluding hydrogens is 345 g/mol. The van der Waals surface area contributed by atoms with Gasteiger partial charge in [-0.2, -0.15) is 0 Å². The Labute approximate surface area is 157 Å². The summed E-state index contributed by atoms with van der Waals surface area (Å²) in [7, 11) is 0. The van der Waals surface area contributed by atoms with Gasteiger partial charge >= 0.3 is 0 Å². The largest absolute Gasteiger partial charge is 0.486 e. The topological polar surface area (TPSA) is 38.8 Å². The molecule has 3 aliphatic rings. The fourth-order valence-corrected chi connectivity index (χ4v) is 4.84. The summed E-state index contributed by atoms with van der Waals surface area (Å²) in [5, 5.41) is 0. The highest BCUT2D eigenvalue weighted by atomic mass is 19.1. The second-order valence-electron chi connectivity index (χ2n) is 7.68. The van der Waals surface area contributed by atoms with E-state index in [1.54, 1.807) is 0 Å². The summed E-state index contributed by atoms with van der Waals surface area (Å²) in [4.78, 5) is 15.3. The van der Waals surface area contributed by atoms with Gasteiger partial charge in [0.2, 0.25) is 0 Å². The molecule has 1 amide bonds. The van der Waals surface area contributed by atoms with Gasteiger partial charge in [-0.25, -0.2) is 4.39 Å². The number of halogens is 1. The minimum Gasteiger partial charge on any atom is -0.486 e. The fraction of sp³-hybridized carbons (Fsp3) is 0.409. The van der Waals surface area contributed by atoms with E-state index >= 15 is 0 Å². The van der Waals surface area contributed by atoms with E-state index in [4.69, 9.17) is 9.47 Å². The second-order valence-corrected chi connectivity index (χ2v) is 7.68. The maximum Gasteiger partial charge on any atom is 0.254 e. The number of benzene rings is 2. The molecule has 2 unspecified atom stereocenters. The van der Waals surface area contributed by atoms with E-state index in [1.165, 1.54) is 17.7 Å². The predicted octanol–water partition coefficient (Wildman–Crippen LogP) is 4.15. The number of hydrogen-bond donors (Lipinski definition) is 0. The van der Waals surface area contributed by atoms with Crippen molar-refractivity contribution in [1.82, 2.24) is 4.90 Å². The van der Waals surface area contributed by atoms with Gasteiger partial charge in [0.05, 0.1) is 0 Å². The van der Waals surface area contributed by atoms with Gasteiger partial charge in [0, 0.05) is 17.6 Å². The van der Waals surface area contributed by atoms with Crippen molar-refractivity contribution in [3.8, 4) is 11.5 Å². The van der Waals surface area contributed by atoms with E-state index in [0.29, 0.717) is 36.2 Å². The lowest BCUT2D eigenvalue weighted by atomic mass is 9.85. The Hall–Kier alpha value is -2.56. The Bertz CT molecular complexity index is 852. The molecule has 2 fully saturated rings. The first-order valence-corrected chi connectivity index (χ1v) is 9.67. The number of hydrogen-bond acceptors (Lipinski definition) is 3. The fourth-order valence-electron chi connectivity index (χ4n) is 4.84. The second kappa shape index (κ2) is 6.55. The standard InChI is InChI=1S/C22H22FNO3/c23-17-4-1-14(2-5-17)16-11-18-6-7-19(12-16)24(18)22(25)15-3-8-20-21(13-15)27-10-9-26-20/h1-5,8,13,16,18-19H,6-7,9-12H2. The predicted molar refractivity (Wildman–Crippen MR) is 98.8 cm³/mol. The van der Waals surface area contributed by atoms with Gasteiger partial charge in [-0.1, -0.05) is 12.1 Å². The SMILES string of the molecule is O=C(c1ccc2c(c1)OCCO2)N1C2CCC1CC(c1ccc(F)cc1)C2. The van der Waals surface area contributed by atoms with E-state index in [1.807, 2.05) is 30.3 Å². The summed E-state index contributed by atoms with van der Waals surface area (Å²) >= 11 is 0. The van der Waals surface area contributed by atoms with Gasteiger partial charge in [0.1, 0.15) is 19.0 Å². The summed E-state index contributed by atoms with van der Waals surface area (Å²) in [6.45, 7) is 1.06. The first-order chi connectivity index (χ1) is 13.2. The lowest BCUT2D eigenvalue weighted by Crippen LogP contribution is -2.46. The van der Waals surface area contributed by atoms with Crippen LogP contribution in [0.25, 0.3) is 0 Å². The van der Waals surface area contributed by atoms with Crippen LogP contribution in [0.4, 0.5) is 4.39 Å². The van der Waals surface area contributed by atoms with E-state index in [9.17, 15) is 9.18 Å². The van der Waals surface area contributed by atoms with Crippen molar-refractivity contribution < 1.29 is 18.7 Å². The molecular formula is C22H22FNO3. The third-order valence-corrected chi connectivity index (χ3v) is 6.10. The third kappa shape index (κ3) is 2.95. The van der Waals surface area contributed by atoms with Gasteiger partial charge in [0.15, 0.2) is 11.5 Å². The molecule has 3 aliphatic heterocycles. The molecule has 0 spiro atoms. The molecule has 2 atom stereocenters. The molecule has 27 heavy (non-hydrogen) atoms. The maximum absolute atomic E-state index is 13.2. The molecule has 2 aromatic carbocycles. The van der Waals surface area contributed by atoms with Gasteiger partial charge in [-0.15, -0.1) is 0 Å². The van der Waals surface area contributed by atoms with Crippen LogP contribution in [-0.4, -0.2) is 36.1 Å². The van der Waals surface area contributed by atoms with E-state index in [0.717, 1.165) is 25.7 Å². The number of piperidine rings is 1. The normalized spacial score (nSPS) is 26.1. The summed E-state index contributed by atoms with van der Waals surface area (Å²) in [5.41, 5.74) is 1.84. The van der Waals surface area contributed by atoms with Crippen LogP contribution in [-0.2, 0) is 0 Å². The molecule has 0 saturated carbocycles. The first kappa shape index (κ1) is 16.6. The monoisotopic (exact) mass is 367 g/mol. The molecule has 5 heteroatoms. The Morgan fingerprint density at radius 3 is 2.30 bits per heavy atom. The lowest BCUT2D eigenvalue weighted by molar-refractivity contribution is 0.0570. The lowest BCUT2D eigenvalue weighted by Gasteiger charge is -2.39. The van der Waals surface area contributed by atoms with Gasteiger partial charge in [0.25, 0.3) is 5.91 Å². The van der Waals surface area contributed by atoms with Crippen LogP contribution in [0.3, 0.4) is 0 Å². The minimum atomic E-state index is -0.201. The summed E-state index contributed by atoms with van der Waals surface area (Å²) in [6, 6.07) is 12.8. The molecule has 0 N–H and O–H groups in total. The third-order valence-electron chi connectivity index (χ3n) is 6.10. The number of rotatable bonds is 2. The number of carbonyl (C=O) groups is 1. The zero-order chi connectivity index (χ0) is 18.4. The van der Waals surface area contributed by atoms with Crippen molar-refractivity contribution in [3.05, 3.63) is 59.4 Å². The smallest absolute Gasteiger partial charge is 0.254 e. The zero-order valence-corrected chi connectivity index (χ0v) is 15.1. The molecule has 2 saturated heterocycles. The molecule has 2 bridgehead atoms. The Balaban J connectivity index is 1.36. The molecule has 0 radical (unpaired) electrons. The Morgan fingerprint density at radius 1 is 0.926 bits per heavy atom. The number of fused-ring (bicyclic) bond motifs is 3. The average molecular weight is 367 g/mol. The van der Waals surface area contributed by atoms with Crippen LogP contribution in [0.5, 0.6) is 11.5 Å². The highest BCUT2D eigenvalue weighted by Crippen LogP contribution is 2.44. The van der Waals surface area contributed by atoms with Crippen LogP contribution in [0.1, 0.15) is 47.5 Å². The van der Waals surface area contributed by atoms with Crippen LogP contribution < -0.4 is 9.47 Å². The average Bonchev–Trinajstić information content (AvgIpc) is 2.97. The van der Waals surface area contributed by atoms with Crippen molar-refractivity contribution >= 4 is 5.91 Å². The van der Waals surface area contributed by atoms with Crippen LogP contribution in [0.2, 0.25) is 0 Å². The quantitative estimate of drug-likeness (QED) is 0.800. The van der Waals surface area contributed by atoms with Crippen molar-refractivity contribution in [2.45, 2.75) is 43.7 Å². The Kier molecular flexibility index (Phi) is 4.03. The van der Waals surface area contributed by atoms with Crippen LogP contribution >= 0.6 is 0 Å². The van der Waals surface area contributed by atoms with Gasteiger partial charge < -0.3 is 14.4 Å². The summed E-state index contributed by atoms with van der Waals surface area (Å²) in [5.74, 6) is 1.63. The van der Waals surface area contributed by atoms with E-state index < -0.39 is 0 Å². The van der Waals surface area contributed by atoms with Crippen LogP contribution in [0, 0.1) is 5.82 Å². The zero-order valence-electron chi connectivity index (χ0n) is 15.1. The summed E-state index contributed by atoms with van der Waals surface area (Å²) < 4.78 is 24.4. The van der Waals surface area contributed by atoms with Crippen molar-refractivity contribution in [2.75, 3.05) is 13.2 Å². The minimum absolute atomic E-state index is 0.0806. The molecule has 3 heterocycles. The van der Waals surface area contributed by atoms with Crippen molar-refractivity contribution in [1.29, 1.82) is 0 Å². The summed E-state index contributed by atoms with van der Waals surface area (Å²) in [6.07, 6.45) is 3.97. The highest BCUT2D eigenvalue weighted by molar-refractivity contribution is 5.95. The number of carbonyl (C=O) groups excluding carboxylic acids is 1. The molecule has 0 aromatic heterocycles. The van der Waals surface area contributed by atoms with Gasteiger partial charge in [-0.05, 0) is 67.5 Å². The molecule has 140 valence electrons. The van der Waals surface area contributed by atoms with Gasteiger partial charge in [-0.3, -0.25) is 4.79 Å². The van der Waals surface area contributed by atoms with E-state index in [-0.39, 0.29) is 23.8 Å². The molecule has 4 nitrogen and oxygen atoms in total. The molecule has 2 aromatic rings. The van der Waals surface area contributed by atoms with Crippen LogP contribution in [0.15, 0.2) is 42.5 Å². The van der Waals surface area contributed by atoms with Crippen molar-refractivity contribution in [3.63, 3.8) is 0 Å². The Morgan fingerprint density at radius 2 is 1.59 bits per heavy atom. The molecule has 5 rings (SSSR count). The number of nitrogens with zero attached hydrogens (tertiary/aromatic N) is 1. The number of ether oxygens (including phenoxy) is 2. The highest BCUT2D eigenvalue weighted by Gasteiger charge is 2.43. The molecule has 0 aliphatic carbocycles. The first-order valence-electron chi connectivity index (χ1n) is 9.67.